The lowest BCUT2D eigenvalue weighted by Crippen LogP contribution is -2.34. The highest BCUT2D eigenvalue weighted by Crippen LogP contribution is 2.42. The van der Waals surface area contributed by atoms with Crippen LogP contribution in [0.1, 0.15) is 16.7 Å². The number of pyridine rings is 1. The van der Waals surface area contributed by atoms with Gasteiger partial charge in [0.2, 0.25) is 0 Å². The Bertz CT molecular complexity index is 1600. The molecule has 1 aliphatic heterocycles. The molecule has 34 heavy (non-hydrogen) atoms. The van der Waals surface area contributed by atoms with Gasteiger partial charge in [-0.2, -0.15) is 0 Å². The fourth-order valence-electron chi connectivity index (χ4n) is 4.41. The number of hydrogen-bond acceptors (Lipinski definition) is 4. The molecule has 0 saturated carbocycles. The highest BCUT2D eigenvalue weighted by molar-refractivity contribution is 7.92. The zero-order valence-corrected chi connectivity index (χ0v) is 20.0. The molecule has 2 heterocycles. The molecule has 0 amide bonds. The van der Waals surface area contributed by atoms with E-state index < -0.39 is 10.0 Å². The van der Waals surface area contributed by atoms with Crippen LogP contribution in [-0.2, 0) is 17.1 Å². The summed E-state index contributed by atoms with van der Waals surface area (Å²) in [5.74, 6) is 0.740. The molecule has 0 fully saturated rings. The molecule has 5 rings (SSSR count). The summed E-state index contributed by atoms with van der Waals surface area (Å²) < 4.78 is 35.7. The molecule has 0 bridgehead atoms. The van der Waals surface area contributed by atoms with Gasteiger partial charge in [-0.1, -0.05) is 35.9 Å². The lowest BCUT2D eigenvalue weighted by molar-refractivity contribution is 0.415. The summed E-state index contributed by atoms with van der Waals surface area (Å²) in [6.45, 7) is 2.12. The topological polar surface area (TPSA) is 68.6 Å². The largest absolute Gasteiger partial charge is 0.497 e. The minimum Gasteiger partial charge on any atom is -0.497 e. The number of fused-ring (bicyclic) bond motifs is 3. The van der Waals surface area contributed by atoms with Crippen molar-refractivity contribution in [3.05, 3.63) is 106 Å². The zero-order valence-electron chi connectivity index (χ0n) is 19.1. The van der Waals surface area contributed by atoms with Crippen molar-refractivity contribution in [3.8, 4) is 5.75 Å². The number of sulfonamides is 1. The van der Waals surface area contributed by atoms with Crippen molar-refractivity contribution in [1.29, 1.82) is 0 Å². The summed E-state index contributed by atoms with van der Waals surface area (Å²) in [7, 11) is -0.458. The number of hydrogen-bond donors (Lipinski definition) is 0. The second-order valence-electron chi connectivity index (χ2n) is 8.32. The van der Waals surface area contributed by atoms with Crippen molar-refractivity contribution in [2.75, 3.05) is 18.0 Å². The van der Waals surface area contributed by atoms with Crippen molar-refractivity contribution in [3.63, 3.8) is 0 Å². The van der Waals surface area contributed by atoms with E-state index in [1.807, 2.05) is 43.3 Å². The van der Waals surface area contributed by atoms with E-state index in [0.29, 0.717) is 5.69 Å². The number of anilines is 1. The summed E-state index contributed by atoms with van der Waals surface area (Å²) in [5.41, 5.74) is 4.82. The lowest BCUT2D eigenvalue weighted by atomic mass is 9.90. The fourth-order valence-corrected chi connectivity index (χ4v) is 5.82. The van der Waals surface area contributed by atoms with Gasteiger partial charge in [-0.25, -0.2) is 8.42 Å². The van der Waals surface area contributed by atoms with E-state index in [0.717, 1.165) is 38.9 Å². The Morgan fingerprint density at radius 3 is 2.26 bits per heavy atom. The van der Waals surface area contributed by atoms with Gasteiger partial charge in [0.15, 0.2) is 0 Å². The highest BCUT2D eigenvalue weighted by atomic mass is 32.2. The molecule has 0 atom stereocenters. The maximum absolute atomic E-state index is 13.7. The lowest BCUT2D eigenvalue weighted by Gasteiger charge is -2.31. The van der Waals surface area contributed by atoms with Crippen LogP contribution in [0.25, 0.3) is 16.5 Å². The van der Waals surface area contributed by atoms with Crippen LogP contribution >= 0.6 is 0 Å². The maximum atomic E-state index is 13.7. The van der Waals surface area contributed by atoms with Crippen LogP contribution in [0.15, 0.2) is 88.6 Å². The van der Waals surface area contributed by atoms with Gasteiger partial charge >= 0.3 is 0 Å². The predicted octanol–water partition coefficient (Wildman–Crippen LogP) is 4.50. The summed E-state index contributed by atoms with van der Waals surface area (Å²) in [6.07, 6.45) is 1.93. The summed E-state index contributed by atoms with van der Waals surface area (Å²) in [5, 5.41) is 0.811. The first-order valence-electron chi connectivity index (χ1n) is 10.9. The molecule has 0 saturated heterocycles. The molecular weight excluding hydrogens is 448 g/mol. The second kappa shape index (κ2) is 8.18. The van der Waals surface area contributed by atoms with Crippen molar-refractivity contribution >= 4 is 32.2 Å². The van der Waals surface area contributed by atoms with Crippen LogP contribution in [0.3, 0.4) is 0 Å². The Morgan fingerprint density at radius 2 is 1.59 bits per heavy atom. The molecule has 7 heteroatoms. The molecule has 0 N–H and O–H groups in total. The number of nitrogens with zero attached hydrogens (tertiary/aromatic N) is 2. The average Bonchev–Trinajstić information content (AvgIpc) is 2.85. The van der Waals surface area contributed by atoms with Crippen LogP contribution in [0.5, 0.6) is 5.75 Å². The monoisotopic (exact) mass is 472 g/mol. The number of aryl methyl sites for hydroxylation is 2. The zero-order chi connectivity index (χ0) is 24.0. The van der Waals surface area contributed by atoms with Crippen molar-refractivity contribution in [2.24, 2.45) is 7.05 Å². The van der Waals surface area contributed by atoms with Gasteiger partial charge in [-0.05, 0) is 60.5 Å². The first-order valence-corrected chi connectivity index (χ1v) is 12.3. The van der Waals surface area contributed by atoms with Gasteiger partial charge in [-0.3, -0.25) is 9.10 Å². The molecule has 0 spiro atoms. The highest BCUT2D eigenvalue weighted by Gasteiger charge is 2.31. The molecule has 0 aliphatic carbocycles. The van der Waals surface area contributed by atoms with E-state index in [-0.39, 0.29) is 17.0 Å². The maximum Gasteiger partial charge on any atom is 0.264 e. The Balaban J connectivity index is 1.76. The Labute approximate surface area is 198 Å². The molecule has 6 nitrogen and oxygen atoms in total. The molecule has 1 aromatic heterocycles. The standard InChI is InChI=1S/C27H24N2O4S/c1-18-4-10-21(11-5-18)34(31,32)29-17-16-22(19-6-8-20(33-3)9-7-19)27-23-12-15-26(30)28(2)24(23)13-14-25(27)29/h4-16H,17H2,1-3H3. The molecule has 1 aliphatic rings. The van der Waals surface area contributed by atoms with Gasteiger partial charge in [-0.15, -0.1) is 0 Å². The van der Waals surface area contributed by atoms with E-state index in [1.54, 1.807) is 55.1 Å². The summed E-state index contributed by atoms with van der Waals surface area (Å²) in [4.78, 5) is 12.5. The van der Waals surface area contributed by atoms with Gasteiger partial charge < -0.3 is 9.30 Å². The second-order valence-corrected chi connectivity index (χ2v) is 10.2. The van der Waals surface area contributed by atoms with Crippen LogP contribution < -0.4 is 14.6 Å². The van der Waals surface area contributed by atoms with Gasteiger partial charge in [0.05, 0.1) is 29.8 Å². The molecular formula is C27H24N2O4S. The number of ether oxygens (including phenoxy) is 1. The van der Waals surface area contributed by atoms with E-state index in [9.17, 15) is 13.2 Å². The van der Waals surface area contributed by atoms with Gasteiger partial charge in [0.25, 0.3) is 15.6 Å². The third-order valence-corrected chi connectivity index (χ3v) is 8.09. The fraction of sp³-hybridized carbons (Fsp3) is 0.148. The average molecular weight is 473 g/mol. The number of rotatable bonds is 4. The minimum atomic E-state index is -3.80. The molecule has 4 aromatic rings. The van der Waals surface area contributed by atoms with Crippen molar-refractivity contribution in [2.45, 2.75) is 11.8 Å². The first kappa shape index (κ1) is 22.0. The van der Waals surface area contributed by atoms with Crippen molar-refractivity contribution < 1.29 is 13.2 Å². The molecule has 3 aromatic carbocycles. The Hall–Kier alpha value is -3.84. The summed E-state index contributed by atoms with van der Waals surface area (Å²) in [6, 6.07) is 21.4. The van der Waals surface area contributed by atoms with Crippen LogP contribution in [0.2, 0.25) is 0 Å². The van der Waals surface area contributed by atoms with Crippen molar-refractivity contribution in [1.82, 2.24) is 4.57 Å². The Morgan fingerprint density at radius 1 is 0.882 bits per heavy atom. The normalized spacial score (nSPS) is 13.5. The first-order chi connectivity index (χ1) is 16.3. The molecule has 172 valence electrons. The number of aromatic nitrogens is 1. The van der Waals surface area contributed by atoms with E-state index in [2.05, 4.69) is 0 Å². The van der Waals surface area contributed by atoms with Crippen LogP contribution in [0, 0.1) is 6.92 Å². The number of benzene rings is 3. The van der Waals surface area contributed by atoms with Crippen LogP contribution in [0.4, 0.5) is 5.69 Å². The van der Waals surface area contributed by atoms with E-state index in [1.165, 1.54) is 10.4 Å². The third-order valence-electron chi connectivity index (χ3n) is 6.29. The minimum absolute atomic E-state index is 0.123. The van der Waals surface area contributed by atoms with Gasteiger partial charge in [0, 0.05) is 24.1 Å². The number of methoxy groups -OCH3 is 1. The molecule has 0 unspecified atom stereocenters. The summed E-state index contributed by atoms with van der Waals surface area (Å²) >= 11 is 0. The van der Waals surface area contributed by atoms with Gasteiger partial charge in [0.1, 0.15) is 5.75 Å². The predicted molar refractivity (Wildman–Crippen MR) is 135 cm³/mol. The quantitative estimate of drug-likeness (QED) is 0.439. The van der Waals surface area contributed by atoms with E-state index in [4.69, 9.17) is 4.74 Å². The third kappa shape index (κ3) is 3.49. The molecule has 0 radical (unpaired) electrons. The SMILES string of the molecule is COc1ccc(C2=CCN(S(=O)(=O)c3ccc(C)cc3)c3ccc4c(ccc(=O)n4C)c32)cc1. The van der Waals surface area contributed by atoms with Crippen LogP contribution in [-0.4, -0.2) is 26.6 Å². The van der Waals surface area contributed by atoms with E-state index >= 15 is 0 Å². The smallest absolute Gasteiger partial charge is 0.264 e. The Kier molecular flexibility index (Phi) is 5.29.